The number of rotatable bonds is 3. The molecular formula is C14H9ClNO2. The minimum atomic E-state index is -0.437. The Morgan fingerprint density at radius 3 is 2.17 bits per heavy atom. The van der Waals surface area contributed by atoms with Crippen LogP contribution in [0.15, 0.2) is 54.6 Å². The number of hydrogen-bond acceptors (Lipinski definition) is 2. The number of amides is 2. The highest BCUT2D eigenvalue weighted by Gasteiger charge is 2.17. The molecule has 4 heteroatoms. The number of carbonyl (C=O) groups is 1. The molecule has 1 radical (unpaired) electrons. The van der Waals surface area contributed by atoms with Gasteiger partial charge in [-0.25, -0.2) is 4.90 Å². The van der Waals surface area contributed by atoms with Crippen LogP contribution in [0, 0.1) is 0 Å². The molecule has 0 spiro atoms. The van der Waals surface area contributed by atoms with Gasteiger partial charge in [-0.05, 0) is 36.4 Å². The second kappa shape index (κ2) is 5.47. The van der Waals surface area contributed by atoms with Crippen LogP contribution >= 0.6 is 11.6 Å². The molecule has 2 aromatic rings. The Morgan fingerprint density at radius 1 is 1.00 bits per heavy atom. The Balaban J connectivity index is 2.31. The van der Waals surface area contributed by atoms with Crippen LogP contribution in [-0.2, 0) is 4.79 Å². The Bertz CT molecular complexity index is 552. The Hall–Kier alpha value is -2.13. The van der Waals surface area contributed by atoms with Crippen molar-refractivity contribution in [1.82, 2.24) is 0 Å². The lowest BCUT2D eigenvalue weighted by molar-refractivity contribution is 0.100. The lowest BCUT2D eigenvalue weighted by Crippen LogP contribution is -2.29. The zero-order chi connectivity index (χ0) is 13.0. The second-order valence-corrected chi connectivity index (χ2v) is 4.01. The number of benzene rings is 2. The molecular weight excluding hydrogens is 250 g/mol. The van der Waals surface area contributed by atoms with Crippen molar-refractivity contribution in [3.05, 3.63) is 65.2 Å². The van der Waals surface area contributed by atoms with E-state index in [-0.39, 0.29) is 0 Å². The highest BCUT2D eigenvalue weighted by atomic mass is 35.5. The molecule has 2 aromatic carbocycles. The molecule has 0 atom stereocenters. The monoisotopic (exact) mass is 258 g/mol. The summed E-state index contributed by atoms with van der Waals surface area (Å²) in [5.41, 5.74) is 0.860. The van der Waals surface area contributed by atoms with Gasteiger partial charge < -0.3 is 0 Å². The Kier molecular flexibility index (Phi) is 3.75. The molecule has 0 aromatic heterocycles. The largest absolute Gasteiger partial charge is 0.324 e. The standard InChI is InChI=1S/C14H9ClNO2/c15-12-8-6-11(7-9-12)14(18)16(10-17)13-4-2-1-3-5-13/h1-9H. The van der Waals surface area contributed by atoms with Crippen LogP contribution in [0.3, 0.4) is 0 Å². The van der Waals surface area contributed by atoms with Gasteiger partial charge in [-0.3, -0.25) is 9.59 Å². The van der Waals surface area contributed by atoms with E-state index in [1.165, 1.54) is 0 Å². The van der Waals surface area contributed by atoms with Crippen molar-refractivity contribution >= 4 is 29.6 Å². The summed E-state index contributed by atoms with van der Waals surface area (Å²) in [6.07, 6.45) is 1.63. The van der Waals surface area contributed by atoms with E-state index in [2.05, 4.69) is 0 Å². The number of hydrogen-bond donors (Lipinski definition) is 0. The average Bonchev–Trinajstić information content (AvgIpc) is 2.41. The molecule has 0 heterocycles. The molecule has 0 bridgehead atoms. The van der Waals surface area contributed by atoms with E-state index in [4.69, 9.17) is 11.6 Å². The van der Waals surface area contributed by atoms with E-state index >= 15 is 0 Å². The SMILES string of the molecule is O=[C]N(C(=O)c1ccc(Cl)cc1)c1ccccc1. The first-order valence-electron chi connectivity index (χ1n) is 5.25. The van der Waals surface area contributed by atoms with Crippen molar-refractivity contribution in [3.63, 3.8) is 0 Å². The molecule has 0 fully saturated rings. The van der Waals surface area contributed by atoms with Crippen LogP contribution in [0.5, 0.6) is 0 Å². The van der Waals surface area contributed by atoms with E-state index in [0.29, 0.717) is 16.3 Å². The molecule has 2 rings (SSSR count). The summed E-state index contributed by atoms with van der Waals surface area (Å²) in [5, 5.41) is 0.535. The van der Waals surface area contributed by atoms with E-state index in [1.54, 1.807) is 61.0 Å². The molecule has 0 aliphatic heterocycles. The zero-order valence-corrected chi connectivity index (χ0v) is 10.1. The van der Waals surface area contributed by atoms with Crippen molar-refractivity contribution in [3.8, 4) is 0 Å². The van der Waals surface area contributed by atoms with E-state index in [0.717, 1.165) is 4.90 Å². The molecule has 0 aliphatic rings. The third-order valence-corrected chi connectivity index (χ3v) is 2.65. The maximum atomic E-state index is 12.1. The summed E-state index contributed by atoms with van der Waals surface area (Å²) in [5.74, 6) is -0.437. The van der Waals surface area contributed by atoms with Crippen LogP contribution in [0.25, 0.3) is 0 Å². The lowest BCUT2D eigenvalue weighted by Gasteiger charge is -2.14. The third-order valence-electron chi connectivity index (χ3n) is 2.40. The van der Waals surface area contributed by atoms with Crippen molar-refractivity contribution in [1.29, 1.82) is 0 Å². The topological polar surface area (TPSA) is 37.4 Å². The number of para-hydroxylation sites is 1. The summed E-state index contributed by atoms with van der Waals surface area (Å²) in [6.45, 7) is 0. The number of imide groups is 1. The first-order chi connectivity index (χ1) is 8.72. The lowest BCUT2D eigenvalue weighted by atomic mass is 10.2. The van der Waals surface area contributed by atoms with Crippen LogP contribution in [0.4, 0.5) is 5.69 Å². The van der Waals surface area contributed by atoms with Crippen LogP contribution in [-0.4, -0.2) is 12.3 Å². The summed E-state index contributed by atoms with van der Waals surface area (Å²) < 4.78 is 0. The van der Waals surface area contributed by atoms with Gasteiger partial charge >= 0.3 is 6.41 Å². The van der Waals surface area contributed by atoms with Crippen molar-refractivity contribution < 1.29 is 9.59 Å². The van der Waals surface area contributed by atoms with Gasteiger partial charge in [0.2, 0.25) is 0 Å². The van der Waals surface area contributed by atoms with Gasteiger partial charge in [0.1, 0.15) is 0 Å². The predicted octanol–water partition coefficient (Wildman–Crippen LogP) is 3.05. The van der Waals surface area contributed by atoms with Crippen LogP contribution in [0.2, 0.25) is 5.02 Å². The smallest absolute Gasteiger partial charge is 0.268 e. The molecule has 0 aliphatic carbocycles. The minimum absolute atomic E-state index is 0.381. The van der Waals surface area contributed by atoms with Gasteiger partial charge in [0.25, 0.3) is 5.91 Å². The molecule has 89 valence electrons. The predicted molar refractivity (Wildman–Crippen MR) is 70.4 cm³/mol. The molecule has 3 nitrogen and oxygen atoms in total. The van der Waals surface area contributed by atoms with Gasteiger partial charge in [0.05, 0.1) is 5.69 Å². The summed E-state index contributed by atoms with van der Waals surface area (Å²) in [6, 6.07) is 15.0. The van der Waals surface area contributed by atoms with Gasteiger partial charge in [-0.2, -0.15) is 0 Å². The van der Waals surface area contributed by atoms with Crippen LogP contribution in [0.1, 0.15) is 10.4 Å². The number of anilines is 1. The average molecular weight is 259 g/mol. The van der Waals surface area contributed by atoms with E-state index in [9.17, 15) is 9.59 Å². The third kappa shape index (κ3) is 2.57. The van der Waals surface area contributed by atoms with E-state index in [1.807, 2.05) is 0 Å². The highest BCUT2D eigenvalue weighted by Crippen LogP contribution is 2.16. The molecule has 0 saturated carbocycles. The van der Waals surface area contributed by atoms with Crippen molar-refractivity contribution in [2.75, 3.05) is 4.90 Å². The fourth-order valence-corrected chi connectivity index (χ4v) is 1.64. The first kappa shape index (κ1) is 12.3. The second-order valence-electron chi connectivity index (χ2n) is 3.57. The summed E-state index contributed by atoms with van der Waals surface area (Å²) in [4.78, 5) is 24.0. The molecule has 0 saturated heterocycles. The zero-order valence-electron chi connectivity index (χ0n) is 9.34. The fourth-order valence-electron chi connectivity index (χ4n) is 1.51. The maximum Gasteiger partial charge on any atom is 0.324 e. The summed E-state index contributed by atoms with van der Waals surface area (Å²) >= 11 is 5.74. The van der Waals surface area contributed by atoms with Crippen LogP contribution < -0.4 is 4.90 Å². The van der Waals surface area contributed by atoms with Gasteiger partial charge in [0.15, 0.2) is 0 Å². The molecule has 0 N–H and O–H groups in total. The molecule has 2 amide bonds. The normalized spacial score (nSPS) is 9.83. The quantitative estimate of drug-likeness (QED) is 0.794. The molecule has 18 heavy (non-hydrogen) atoms. The number of nitrogens with zero attached hydrogens (tertiary/aromatic N) is 1. The van der Waals surface area contributed by atoms with Crippen molar-refractivity contribution in [2.45, 2.75) is 0 Å². The fraction of sp³-hybridized carbons (Fsp3) is 0. The minimum Gasteiger partial charge on any atom is -0.268 e. The number of carbonyl (C=O) groups excluding carboxylic acids is 2. The maximum absolute atomic E-state index is 12.1. The highest BCUT2D eigenvalue weighted by molar-refractivity contribution is 6.30. The molecule has 0 unspecified atom stereocenters. The summed E-state index contributed by atoms with van der Waals surface area (Å²) in [7, 11) is 0. The van der Waals surface area contributed by atoms with Gasteiger partial charge in [0, 0.05) is 10.6 Å². The Labute approximate surface area is 110 Å². The van der Waals surface area contributed by atoms with Crippen molar-refractivity contribution in [2.24, 2.45) is 0 Å². The Morgan fingerprint density at radius 2 is 1.61 bits per heavy atom. The first-order valence-corrected chi connectivity index (χ1v) is 5.63. The van der Waals surface area contributed by atoms with Gasteiger partial charge in [-0.1, -0.05) is 29.8 Å². The van der Waals surface area contributed by atoms with E-state index < -0.39 is 5.91 Å². The van der Waals surface area contributed by atoms with Gasteiger partial charge in [-0.15, -0.1) is 0 Å². The number of halogens is 1.